The largest absolute Gasteiger partial charge is 0.481 e. The van der Waals surface area contributed by atoms with Gasteiger partial charge in [-0.1, -0.05) is 0 Å². The summed E-state index contributed by atoms with van der Waals surface area (Å²) < 4.78 is 39.7. The third kappa shape index (κ3) is 3.98. The number of nitrogens with zero attached hydrogens (tertiary/aromatic N) is 1. The smallest absolute Gasteiger partial charge is 0.306 e. The molecular weight excluding hydrogens is 299 g/mol. The highest BCUT2D eigenvalue weighted by atomic mass is 32.2. The maximum atomic E-state index is 13.4. The first-order valence-electron chi connectivity index (χ1n) is 6.73. The van der Waals surface area contributed by atoms with E-state index in [0.717, 1.165) is 6.07 Å². The quantitative estimate of drug-likeness (QED) is 0.855. The third-order valence-electron chi connectivity index (χ3n) is 3.74. The molecule has 0 radical (unpaired) electrons. The molecule has 6 nitrogen and oxygen atoms in total. The molecule has 1 fully saturated rings. The monoisotopic (exact) mass is 316 g/mol. The molecule has 0 spiro atoms. The summed E-state index contributed by atoms with van der Waals surface area (Å²) in [7, 11) is -3.97. The Morgan fingerprint density at radius 1 is 1.38 bits per heavy atom. The van der Waals surface area contributed by atoms with Gasteiger partial charge in [-0.05, 0) is 43.7 Å². The number of carboxylic acid groups (broad SMARTS) is 1. The summed E-state index contributed by atoms with van der Waals surface area (Å²) in [6.45, 7) is 0.171. The van der Waals surface area contributed by atoms with E-state index in [1.54, 1.807) is 0 Å². The number of hydrogen-bond donors (Lipinski definition) is 2. The van der Waals surface area contributed by atoms with Gasteiger partial charge < -0.3 is 5.11 Å². The molecule has 1 aromatic heterocycles. The predicted octanol–water partition coefficient (Wildman–Crippen LogP) is 1.39. The number of halogens is 1. The minimum Gasteiger partial charge on any atom is -0.481 e. The van der Waals surface area contributed by atoms with Crippen LogP contribution >= 0.6 is 0 Å². The highest BCUT2D eigenvalue weighted by Crippen LogP contribution is 2.28. The van der Waals surface area contributed by atoms with E-state index in [1.165, 1.54) is 12.3 Å². The molecule has 0 atom stereocenters. The Labute approximate surface area is 122 Å². The molecule has 0 unspecified atom stereocenters. The van der Waals surface area contributed by atoms with Gasteiger partial charge in [-0.3, -0.25) is 4.79 Å². The lowest BCUT2D eigenvalue weighted by atomic mass is 9.82. The average Bonchev–Trinajstić information content (AvgIpc) is 2.46. The van der Waals surface area contributed by atoms with Crippen molar-refractivity contribution in [3.63, 3.8) is 0 Å². The molecule has 0 saturated heterocycles. The fourth-order valence-corrected chi connectivity index (χ4v) is 3.59. The van der Waals surface area contributed by atoms with Crippen molar-refractivity contribution in [2.45, 2.75) is 30.7 Å². The van der Waals surface area contributed by atoms with E-state index in [4.69, 9.17) is 5.11 Å². The molecule has 0 bridgehead atoms. The topological polar surface area (TPSA) is 96.4 Å². The van der Waals surface area contributed by atoms with E-state index in [1.807, 2.05) is 0 Å². The van der Waals surface area contributed by atoms with Crippen molar-refractivity contribution in [1.82, 2.24) is 9.71 Å². The molecule has 0 amide bonds. The molecule has 1 heterocycles. The number of rotatable bonds is 5. The van der Waals surface area contributed by atoms with Crippen LogP contribution in [0.3, 0.4) is 0 Å². The van der Waals surface area contributed by atoms with E-state index in [-0.39, 0.29) is 18.4 Å². The summed E-state index contributed by atoms with van der Waals surface area (Å²) in [5.41, 5.74) is 0. The SMILES string of the molecule is O=C(O)C1CCC(CNS(=O)(=O)c2ncccc2F)CC1. The number of aliphatic carboxylic acids is 1. The Hall–Kier alpha value is -1.54. The van der Waals surface area contributed by atoms with Gasteiger partial charge >= 0.3 is 5.97 Å². The third-order valence-corrected chi connectivity index (χ3v) is 5.09. The second-order valence-electron chi connectivity index (χ2n) is 5.20. The molecule has 8 heteroatoms. The number of sulfonamides is 1. The van der Waals surface area contributed by atoms with Crippen LogP contribution in [0.2, 0.25) is 0 Å². The Kier molecular flexibility index (Phi) is 4.89. The molecule has 1 aromatic rings. The van der Waals surface area contributed by atoms with Crippen molar-refractivity contribution >= 4 is 16.0 Å². The van der Waals surface area contributed by atoms with E-state index in [0.29, 0.717) is 25.7 Å². The van der Waals surface area contributed by atoms with Gasteiger partial charge in [0.25, 0.3) is 10.0 Å². The second kappa shape index (κ2) is 6.48. The fourth-order valence-electron chi connectivity index (χ4n) is 2.48. The molecule has 21 heavy (non-hydrogen) atoms. The number of nitrogens with one attached hydrogen (secondary N) is 1. The molecule has 0 aliphatic heterocycles. The van der Waals surface area contributed by atoms with Crippen molar-refractivity contribution < 1.29 is 22.7 Å². The standard InChI is InChI=1S/C13H17FN2O4S/c14-11-2-1-7-15-12(11)21(19,20)16-8-9-3-5-10(6-4-9)13(17)18/h1-2,7,9-10,16H,3-6,8H2,(H,17,18). The predicted molar refractivity (Wildman–Crippen MR) is 72.5 cm³/mol. The molecule has 1 saturated carbocycles. The average molecular weight is 316 g/mol. The molecule has 116 valence electrons. The molecule has 2 rings (SSSR count). The van der Waals surface area contributed by atoms with Gasteiger partial charge in [0.15, 0.2) is 5.82 Å². The van der Waals surface area contributed by atoms with Crippen molar-refractivity contribution in [3.05, 3.63) is 24.1 Å². The summed E-state index contributed by atoms with van der Waals surface area (Å²) in [5.74, 6) is -1.96. The van der Waals surface area contributed by atoms with Gasteiger partial charge in [0.2, 0.25) is 5.03 Å². The minimum atomic E-state index is -3.97. The van der Waals surface area contributed by atoms with Gasteiger partial charge in [-0.2, -0.15) is 0 Å². The lowest BCUT2D eigenvalue weighted by molar-refractivity contribution is -0.143. The summed E-state index contributed by atoms with van der Waals surface area (Å²) in [6.07, 6.45) is 3.59. The van der Waals surface area contributed by atoms with Crippen LogP contribution in [0.4, 0.5) is 4.39 Å². The van der Waals surface area contributed by atoms with Crippen LogP contribution in [0.1, 0.15) is 25.7 Å². The van der Waals surface area contributed by atoms with E-state index >= 15 is 0 Å². The van der Waals surface area contributed by atoms with E-state index in [9.17, 15) is 17.6 Å². The van der Waals surface area contributed by atoms with Crippen LogP contribution in [0, 0.1) is 17.7 Å². The van der Waals surface area contributed by atoms with Crippen molar-refractivity contribution in [3.8, 4) is 0 Å². The number of carbonyl (C=O) groups is 1. The zero-order chi connectivity index (χ0) is 15.5. The zero-order valence-corrected chi connectivity index (χ0v) is 12.1. The Morgan fingerprint density at radius 2 is 2.05 bits per heavy atom. The molecule has 1 aliphatic carbocycles. The van der Waals surface area contributed by atoms with Crippen molar-refractivity contribution in [2.24, 2.45) is 11.8 Å². The Balaban J connectivity index is 1.92. The zero-order valence-electron chi connectivity index (χ0n) is 11.3. The molecule has 0 aromatic carbocycles. The van der Waals surface area contributed by atoms with Gasteiger partial charge in [-0.15, -0.1) is 0 Å². The number of hydrogen-bond acceptors (Lipinski definition) is 4. The van der Waals surface area contributed by atoms with Crippen LogP contribution in [-0.4, -0.2) is 31.0 Å². The van der Waals surface area contributed by atoms with Gasteiger partial charge in [0.05, 0.1) is 5.92 Å². The van der Waals surface area contributed by atoms with E-state index in [2.05, 4.69) is 9.71 Å². The van der Waals surface area contributed by atoms with Crippen LogP contribution < -0.4 is 4.72 Å². The number of pyridine rings is 1. The lowest BCUT2D eigenvalue weighted by Gasteiger charge is -2.26. The lowest BCUT2D eigenvalue weighted by Crippen LogP contribution is -2.33. The highest BCUT2D eigenvalue weighted by Gasteiger charge is 2.27. The molecule has 1 aliphatic rings. The van der Waals surface area contributed by atoms with E-state index < -0.39 is 26.8 Å². The van der Waals surface area contributed by atoms with Crippen molar-refractivity contribution in [2.75, 3.05) is 6.54 Å². The first kappa shape index (κ1) is 15.8. The Morgan fingerprint density at radius 3 is 2.62 bits per heavy atom. The Bertz CT molecular complexity index is 612. The number of carboxylic acids is 1. The van der Waals surface area contributed by atoms with Gasteiger partial charge in [-0.25, -0.2) is 22.5 Å². The van der Waals surface area contributed by atoms with Gasteiger partial charge in [0.1, 0.15) is 0 Å². The maximum Gasteiger partial charge on any atom is 0.306 e. The summed E-state index contributed by atoms with van der Waals surface area (Å²) in [6, 6.07) is 2.36. The molecular formula is C13H17FN2O4S. The first-order valence-corrected chi connectivity index (χ1v) is 8.21. The summed E-state index contributed by atoms with van der Waals surface area (Å²) in [4.78, 5) is 14.4. The van der Waals surface area contributed by atoms with Crippen LogP contribution in [0.5, 0.6) is 0 Å². The summed E-state index contributed by atoms with van der Waals surface area (Å²) in [5, 5.41) is 8.29. The first-order chi connectivity index (χ1) is 9.90. The van der Waals surface area contributed by atoms with Crippen molar-refractivity contribution in [1.29, 1.82) is 0 Å². The van der Waals surface area contributed by atoms with Crippen LogP contribution in [0.15, 0.2) is 23.4 Å². The minimum absolute atomic E-state index is 0.0714. The second-order valence-corrected chi connectivity index (χ2v) is 6.88. The van der Waals surface area contributed by atoms with Crippen LogP contribution in [-0.2, 0) is 14.8 Å². The normalized spacial score (nSPS) is 22.9. The maximum absolute atomic E-state index is 13.4. The van der Waals surface area contributed by atoms with Gasteiger partial charge in [0, 0.05) is 12.7 Å². The highest BCUT2D eigenvalue weighted by molar-refractivity contribution is 7.89. The van der Waals surface area contributed by atoms with Crippen LogP contribution in [0.25, 0.3) is 0 Å². The molecule has 2 N–H and O–H groups in total. The fraction of sp³-hybridized carbons (Fsp3) is 0.538. The summed E-state index contributed by atoms with van der Waals surface area (Å²) >= 11 is 0. The number of aromatic nitrogens is 1.